The van der Waals surface area contributed by atoms with Gasteiger partial charge in [0.1, 0.15) is 6.20 Å². The van der Waals surface area contributed by atoms with Crippen LogP contribution in [0.4, 0.5) is 23.2 Å². The van der Waals surface area contributed by atoms with E-state index < -0.39 is 28.7 Å². The Bertz CT molecular complexity index is 392. The summed E-state index contributed by atoms with van der Waals surface area (Å²) in [6.45, 7) is 0. The third-order valence-electron chi connectivity index (χ3n) is 1.23. The largest absolute Gasteiger partial charge is 0.574 e. The van der Waals surface area contributed by atoms with E-state index in [0.29, 0.717) is 6.20 Å². The van der Waals surface area contributed by atoms with E-state index in [0.717, 1.165) is 0 Å². The molecule has 5 nitrogen and oxygen atoms in total. The highest BCUT2D eigenvalue weighted by Gasteiger charge is 2.32. The summed E-state index contributed by atoms with van der Waals surface area (Å²) in [7, 11) is 0. The molecule has 0 aliphatic carbocycles. The molecule has 0 aromatic carbocycles. The van der Waals surface area contributed by atoms with Gasteiger partial charge in [-0.3, -0.25) is 10.1 Å². The van der Waals surface area contributed by atoms with Gasteiger partial charge in [0.25, 0.3) is 0 Å². The molecule has 1 rings (SSSR count). The van der Waals surface area contributed by atoms with Crippen molar-refractivity contribution in [3.63, 3.8) is 0 Å². The van der Waals surface area contributed by atoms with Crippen molar-refractivity contribution in [2.45, 2.75) is 6.36 Å². The normalized spacial score (nSPS) is 11.2. The van der Waals surface area contributed by atoms with Gasteiger partial charge in [-0.1, -0.05) is 0 Å². The Balaban J connectivity index is 2.97. The van der Waals surface area contributed by atoms with E-state index in [9.17, 15) is 27.7 Å². The van der Waals surface area contributed by atoms with E-state index in [1.807, 2.05) is 0 Å². The maximum atomic E-state index is 12.7. The predicted octanol–water partition coefficient (Wildman–Crippen LogP) is 2.03. The zero-order valence-electron chi connectivity index (χ0n) is 6.79. The van der Waals surface area contributed by atoms with E-state index >= 15 is 0 Å². The van der Waals surface area contributed by atoms with Crippen LogP contribution >= 0.6 is 0 Å². The van der Waals surface area contributed by atoms with Crippen LogP contribution in [0, 0.1) is 15.9 Å². The zero-order valence-corrected chi connectivity index (χ0v) is 6.79. The maximum Gasteiger partial charge on any atom is 0.574 e. The van der Waals surface area contributed by atoms with Crippen LogP contribution in [-0.4, -0.2) is 16.3 Å². The molecule has 1 aromatic heterocycles. The number of ether oxygens (including phenoxy) is 1. The topological polar surface area (TPSA) is 65.3 Å². The van der Waals surface area contributed by atoms with Gasteiger partial charge >= 0.3 is 12.0 Å². The monoisotopic (exact) mass is 226 g/mol. The number of pyridine rings is 1. The number of hydrogen-bond acceptors (Lipinski definition) is 4. The van der Waals surface area contributed by atoms with Crippen LogP contribution in [0.3, 0.4) is 0 Å². The summed E-state index contributed by atoms with van der Waals surface area (Å²) >= 11 is 0. The highest BCUT2D eigenvalue weighted by atomic mass is 19.4. The summed E-state index contributed by atoms with van der Waals surface area (Å²) < 4.78 is 50.8. The molecule has 0 aliphatic heterocycles. The molecule has 0 bridgehead atoms. The fourth-order valence-corrected chi connectivity index (χ4v) is 0.715. The predicted molar refractivity (Wildman–Crippen MR) is 37.5 cm³/mol. The van der Waals surface area contributed by atoms with Crippen LogP contribution in [0.2, 0.25) is 0 Å². The molecule has 0 atom stereocenters. The van der Waals surface area contributed by atoms with Crippen molar-refractivity contribution in [3.05, 3.63) is 28.2 Å². The Hall–Kier alpha value is -1.93. The van der Waals surface area contributed by atoms with E-state index in [1.54, 1.807) is 0 Å². The Morgan fingerprint density at radius 2 is 2.07 bits per heavy atom. The molecule has 0 radical (unpaired) electrons. The number of rotatable bonds is 2. The molecule has 0 fully saturated rings. The van der Waals surface area contributed by atoms with E-state index in [-0.39, 0.29) is 6.07 Å². The molecule has 0 spiro atoms. The van der Waals surface area contributed by atoms with Gasteiger partial charge in [0.05, 0.1) is 4.92 Å². The van der Waals surface area contributed by atoms with Crippen LogP contribution in [0.1, 0.15) is 0 Å². The molecule has 0 aliphatic rings. The third kappa shape index (κ3) is 3.04. The van der Waals surface area contributed by atoms with Crippen LogP contribution in [0.25, 0.3) is 0 Å². The van der Waals surface area contributed by atoms with E-state index in [1.165, 1.54) is 0 Å². The Labute approximate surface area is 79.4 Å². The lowest BCUT2D eigenvalue weighted by molar-refractivity contribution is -0.388. The second-order valence-electron chi connectivity index (χ2n) is 2.28. The van der Waals surface area contributed by atoms with Gasteiger partial charge in [0.2, 0.25) is 11.7 Å². The van der Waals surface area contributed by atoms with Gasteiger partial charge in [0, 0.05) is 6.07 Å². The van der Waals surface area contributed by atoms with Crippen LogP contribution in [0.15, 0.2) is 12.3 Å². The molecule has 1 heterocycles. The van der Waals surface area contributed by atoms with Crippen molar-refractivity contribution in [1.29, 1.82) is 0 Å². The summed E-state index contributed by atoms with van der Waals surface area (Å²) in [4.78, 5) is 11.9. The average molecular weight is 226 g/mol. The molecule has 0 N–H and O–H groups in total. The lowest BCUT2D eigenvalue weighted by Crippen LogP contribution is -2.18. The Morgan fingerprint density at radius 3 is 2.47 bits per heavy atom. The van der Waals surface area contributed by atoms with Crippen LogP contribution < -0.4 is 4.74 Å². The first kappa shape index (κ1) is 11.1. The molecule has 82 valence electrons. The van der Waals surface area contributed by atoms with Gasteiger partial charge in [-0.2, -0.15) is 4.39 Å². The molecule has 0 unspecified atom stereocenters. The minimum Gasteiger partial charge on any atom is -0.388 e. The first-order chi connectivity index (χ1) is 6.79. The number of nitrogens with zero attached hydrogens (tertiary/aromatic N) is 2. The van der Waals surface area contributed by atoms with Gasteiger partial charge in [-0.05, 0) is 0 Å². The fraction of sp³-hybridized carbons (Fsp3) is 0.167. The zero-order chi connectivity index (χ0) is 11.6. The van der Waals surface area contributed by atoms with E-state index in [4.69, 9.17) is 0 Å². The third-order valence-corrected chi connectivity index (χ3v) is 1.23. The molecule has 9 heteroatoms. The van der Waals surface area contributed by atoms with Crippen molar-refractivity contribution in [2.24, 2.45) is 0 Å². The molecular formula is C6H2F4N2O3. The van der Waals surface area contributed by atoms with Crippen molar-refractivity contribution in [1.82, 2.24) is 4.98 Å². The molecule has 0 saturated carbocycles. The highest BCUT2D eigenvalue weighted by Crippen LogP contribution is 2.24. The van der Waals surface area contributed by atoms with Crippen LogP contribution in [0.5, 0.6) is 5.88 Å². The molecule has 1 aromatic rings. The maximum absolute atomic E-state index is 12.7. The number of halogens is 4. The Morgan fingerprint density at radius 1 is 1.47 bits per heavy atom. The Kier molecular flexibility index (Phi) is 2.73. The smallest absolute Gasteiger partial charge is 0.388 e. The minimum absolute atomic E-state index is 0.186. The number of alkyl halides is 3. The first-order valence-corrected chi connectivity index (χ1v) is 3.35. The SMILES string of the molecule is O=[N+]([O-])c1cnc(OC(F)(F)F)cc1F. The average Bonchev–Trinajstić information content (AvgIpc) is 1.99. The number of hydrogen-bond donors (Lipinski definition) is 0. The van der Waals surface area contributed by atoms with Gasteiger partial charge in [-0.15, -0.1) is 13.2 Å². The number of aromatic nitrogens is 1. The quantitative estimate of drug-likeness (QED) is 0.439. The summed E-state index contributed by atoms with van der Waals surface area (Å²) in [5.41, 5.74) is -1.02. The number of nitro groups is 1. The van der Waals surface area contributed by atoms with Crippen molar-refractivity contribution < 1.29 is 27.2 Å². The molecule has 0 saturated heterocycles. The second-order valence-corrected chi connectivity index (χ2v) is 2.28. The standard InChI is InChI=1S/C6H2F4N2O3/c7-3-1-5(15-6(8,9)10)11-2-4(3)12(13)14/h1-2H. The molecule has 0 amide bonds. The first-order valence-electron chi connectivity index (χ1n) is 3.35. The minimum atomic E-state index is -5.02. The highest BCUT2D eigenvalue weighted by molar-refractivity contribution is 5.31. The van der Waals surface area contributed by atoms with Crippen LogP contribution in [-0.2, 0) is 0 Å². The van der Waals surface area contributed by atoms with Gasteiger partial charge in [-0.25, -0.2) is 4.98 Å². The summed E-state index contributed by atoms with van der Waals surface area (Å²) in [6.07, 6.45) is -4.67. The fourth-order valence-electron chi connectivity index (χ4n) is 0.715. The van der Waals surface area contributed by atoms with Gasteiger partial charge < -0.3 is 4.74 Å². The molecule has 15 heavy (non-hydrogen) atoms. The molecular weight excluding hydrogens is 224 g/mol. The summed E-state index contributed by atoms with van der Waals surface area (Å²) in [5.74, 6) is -2.54. The van der Waals surface area contributed by atoms with Crippen molar-refractivity contribution >= 4 is 5.69 Å². The van der Waals surface area contributed by atoms with Crippen molar-refractivity contribution in [3.8, 4) is 5.88 Å². The van der Waals surface area contributed by atoms with E-state index in [2.05, 4.69) is 9.72 Å². The lowest BCUT2D eigenvalue weighted by Gasteiger charge is -2.06. The van der Waals surface area contributed by atoms with Crippen molar-refractivity contribution in [2.75, 3.05) is 0 Å². The second kappa shape index (κ2) is 3.67. The lowest BCUT2D eigenvalue weighted by atomic mass is 10.4. The summed E-state index contributed by atoms with van der Waals surface area (Å²) in [6, 6.07) is 0.186. The summed E-state index contributed by atoms with van der Waals surface area (Å²) in [5, 5.41) is 10.1. The van der Waals surface area contributed by atoms with Gasteiger partial charge in [0.15, 0.2) is 0 Å².